The first-order valence-corrected chi connectivity index (χ1v) is 6.41. The second-order valence-electron chi connectivity index (χ2n) is 3.71. The standard InChI is InChI=1S/C12H16Cl2N2O3/c1-18-4-5-19-3-2-16-12(17)8-6-9(13)11(15)10(14)7-8/h6-7H,2-5,15H2,1H3,(H,16,17). The number of hydrogen-bond acceptors (Lipinski definition) is 4. The van der Waals surface area contributed by atoms with Crippen molar-refractivity contribution in [3.05, 3.63) is 27.7 Å². The second kappa shape index (κ2) is 8.22. The molecule has 0 unspecified atom stereocenters. The first kappa shape index (κ1) is 16.0. The maximum Gasteiger partial charge on any atom is 0.251 e. The summed E-state index contributed by atoms with van der Waals surface area (Å²) in [5.74, 6) is -0.279. The lowest BCUT2D eigenvalue weighted by molar-refractivity contribution is 0.0692. The molecule has 0 aliphatic heterocycles. The van der Waals surface area contributed by atoms with Crippen LogP contribution in [0.1, 0.15) is 10.4 Å². The molecule has 0 heterocycles. The van der Waals surface area contributed by atoms with Gasteiger partial charge in [-0.05, 0) is 12.1 Å². The normalized spacial score (nSPS) is 10.5. The van der Waals surface area contributed by atoms with Crippen LogP contribution in [-0.2, 0) is 9.47 Å². The van der Waals surface area contributed by atoms with Crippen LogP contribution in [0.2, 0.25) is 10.0 Å². The zero-order valence-electron chi connectivity index (χ0n) is 10.5. The minimum Gasteiger partial charge on any atom is -0.396 e. The lowest BCUT2D eigenvalue weighted by atomic mass is 10.2. The van der Waals surface area contributed by atoms with Gasteiger partial charge in [0.25, 0.3) is 5.91 Å². The number of amides is 1. The molecular weight excluding hydrogens is 291 g/mol. The van der Waals surface area contributed by atoms with Crippen LogP contribution < -0.4 is 11.1 Å². The number of carbonyl (C=O) groups is 1. The molecule has 0 atom stereocenters. The zero-order valence-corrected chi connectivity index (χ0v) is 12.1. The van der Waals surface area contributed by atoms with Crippen LogP contribution in [0.4, 0.5) is 5.69 Å². The predicted octanol–water partition coefficient (Wildman–Crippen LogP) is 1.97. The van der Waals surface area contributed by atoms with Gasteiger partial charge in [-0.2, -0.15) is 0 Å². The Morgan fingerprint density at radius 2 is 1.89 bits per heavy atom. The van der Waals surface area contributed by atoms with Crippen molar-refractivity contribution in [1.29, 1.82) is 0 Å². The number of benzene rings is 1. The van der Waals surface area contributed by atoms with Crippen molar-refractivity contribution in [2.24, 2.45) is 0 Å². The largest absolute Gasteiger partial charge is 0.396 e. The van der Waals surface area contributed by atoms with E-state index in [0.29, 0.717) is 31.9 Å². The highest BCUT2D eigenvalue weighted by molar-refractivity contribution is 6.39. The Hall–Kier alpha value is -1.01. The van der Waals surface area contributed by atoms with Gasteiger partial charge in [-0.15, -0.1) is 0 Å². The summed E-state index contributed by atoms with van der Waals surface area (Å²) < 4.78 is 10.0. The van der Waals surface area contributed by atoms with Gasteiger partial charge in [0.15, 0.2) is 0 Å². The lowest BCUT2D eigenvalue weighted by Gasteiger charge is -2.08. The number of anilines is 1. The van der Waals surface area contributed by atoms with Gasteiger partial charge in [0, 0.05) is 19.2 Å². The first-order chi connectivity index (χ1) is 9.06. The van der Waals surface area contributed by atoms with E-state index in [-0.39, 0.29) is 21.6 Å². The Bertz CT molecular complexity index is 418. The molecule has 0 spiro atoms. The third kappa shape index (κ3) is 5.24. The van der Waals surface area contributed by atoms with Gasteiger partial charge in [-0.3, -0.25) is 4.79 Å². The molecule has 1 aromatic carbocycles. The number of nitrogens with two attached hydrogens (primary N) is 1. The van der Waals surface area contributed by atoms with Crippen molar-refractivity contribution >= 4 is 34.8 Å². The zero-order chi connectivity index (χ0) is 14.3. The van der Waals surface area contributed by atoms with Gasteiger partial charge in [-0.1, -0.05) is 23.2 Å². The number of nitrogens with one attached hydrogen (secondary N) is 1. The van der Waals surface area contributed by atoms with Crippen molar-refractivity contribution in [2.75, 3.05) is 39.2 Å². The second-order valence-corrected chi connectivity index (χ2v) is 4.53. The molecule has 1 aromatic rings. The number of carbonyl (C=O) groups excluding carboxylic acids is 1. The van der Waals surface area contributed by atoms with Crippen LogP contribution in [0.5, 0.6) is 0 Å². The molecule has 106 valence electrons. The van der Waals surface area contributed by atoms with E-state index in [4.69, 9.17) is 38.4 Å². The highest BCUT2D eigenvalue weighted by Crippen LogP contribution is 2.28. The highest BCUT2D eigenvalue weighted by Gasteiger charge is 2.10. The van der Waals surface area contributed by atoms with Crippen LogP contribution in [0.25, 0.3) is 0 Å². The Balaban J connectivity index is 2.42. The average Bonchev–Trinajstić information content (AvgIpc) is 2.39. The Morgan fingerprint density at radius 1 is 1.26 bits per heavy atom. The van der Waals surface area contributed by atoms with Gasteiger partial charge in [0.2, 0.25) is 0 Å². The molecular formula is C12H16Cl2N2O3. The maximum atomic E-state index is 11.8. The number of rotatable bonds is 7. The van der Waals surface area contributed by atoms with E-state index in [1.165, 1.54) is 12.1 Å². The smallest absolute Gasteiger partial charge is 0.251 e. The summed E-state index contributed by atoms with van der Waals surface area (Å²) in [6, 6.07) is 2.95. The van der Waals surface area contributed by atoms with Crippen LogP contribution in [0.3, 0.4) is 0 Å². The van der Waals surface area contributed by atoms with Gasteiger partial charge in [0.1, 0.15) is 0 Å². The molecule has 0 aromatic heterocycles. The molecule has 0 radical (unpaired) electrons. The summed E-state index contributed by atoms with van der Waals surface area (Å²) in [4.78, 5) is 11.8. The van der Waals surface area contributed by atoms with E-state index in [1.54, 1.807) is 7.11 Å². The Morgan fingerprint density at radius 3 is 2.47 bits per heavy atom. The van der Waals surface area contributed by atoms with E-state index in [0.717, 1.165) is 0 Å². The van der Waals surface area contributed by atoms with Gasteiger partial charge in [-0.25, -0.2) is 0 Å². The summed E-state index contributed by atoms with van der Waals surface area (Å²) in [5.41, 5.74) is 6.22. The summed E-state index contributed by atoms with van der Waals surface area (Å²) in [7, 11) is 1.60. The fraction of sp³-hybridized carbons (Fsp3) is 0.417. The molecule has 0 aliphatic rings. The Kier molecular flexibility index (Phi) is 6.94. The van der Waals surface area contributed by atoms with Crippen LogP contribution in [0.15, 0.2) is 12.1 Å². The van der Waals surface area contributed by atoms with Crippen molar-refractivity contribution in [1.82, 2.24) is 5.32 Å². The number of hydrogen-bond donors (Lipinski definition) is 2. The minimum absolute atomic E-state index is 0.258. The van der Waals surface area contributed by atoms with E-state index in [9.17, 15) is 4.79 Å². The highest BCUT2D eigenvalue weighted by atomic mass is 35.5. The van der Waals surface area contributed by atoms with E-state index >= 15 is 0 Å². The van der Waals surface area contributed by atoms with Gasteiger partial charge < -0.3 is 20.5 Å². The van der Waals surface area contributed by atoms with E-state index < -0.39 is 0 Å². The number of halogens is 2. The summed E-state index contributed by atoms with van der Waals surface area (Å²) in [6.45, 7) is 1.82. The van der Waals surface area contributed by atoms with E-state index in [1.807, 2.05) is 0 Å². The summed E-state index contributed by atoms with van der Waals surface area (Å²) >= 11 is 11.7. The molecule has 0 saturated carbocycles. The molecule has 3 N–H and O–H groups in total. The average molecular weight is 307 g/mol. The van der Waals surface area contributed by atoms with Gasteiger partial charge in [0.05, 0.1) is 35.6 Å². The van der Waals surface area contributed by atoms with Crippen molar-refractivity contribution in [3.63, 3.8) is 0 Å². The molecule has 5 nitrogen and oxygen atoms in total. The third-order valence-electron chi connectivity index (χ3n) is 2.30. The Labute approximate surface area is 122 Å². The topological polar surface area (TPSA) is 73.6 Å². The molecule has 1 rings (SSSR count). The molecule has 19 heavy (non-hydrogen) atoms. The van der Waals surface area contributed by atoms with Crippen molar-refractivity contribution in [3.8, 4) is 0 Å². The molecule has 0 bridgehead atoms. The fourth-order valence-electron chi connectivity index (χ4n) is 1.30. The maximum absolute atomic E-state index is 11.8. The third-order valence-corrected chi connectivity index (χ3v) is 2.93. The van der Waals surface area contributed by atoms with Crippen LogP contribution in [0, 0.1) is 0 Å². The number of methoxy groups -OCH3 is 1. The van der Waals surface area contributed by atoms with Gasteiger partial charge >= 0.3 is 0 Å². The number of nitrogen functional groups attached to an aromatic ring is 1. The summed E-state index contributed by atoms with van der Waals surface area (Å²) in [5, 5.41) is 3.20. The quantitative estimate of drug-likeness (QED) is 0.596. The van der Waals surface area contributed by atoms with Crippen LogP contribution >= 0.6 is 23.2 Å². The number of ether oxygens (including phenoxy) is 2. The molecule has 1 amide bonds. The van der Waals surface area contributed by atoms with E-state index in [2.05, 4.69) is 5.32 Å². The minimum atomic E-state index is -0.279. The monoisotopic (exact) mass is 306 g/mol. The van der Waals surface area contributed by atoms with Crippen LogP contribution in [-0.4, -0.2) is 39.4 Å². The van der Waals surface area contributed by atoms with Crippen molar-refractivity contribution in [2.45, 2.75) is 0 Å². The molecule has 0 aliphatic carbocycles. The summed E-state index contributed by atoms with van der Waals surface area (Å²) in [6.07, 6.45) is 0. The lowest BCUT2D eigenvalue weighted by Crippen LogP contribution is -2.27. The molecule has 7 heteroatoms. The fourth-order valence-corrected chi connectivity index (χ4v) is 1.79. The van der Waals surface area contributed by atoms with Crippen molar-refractivity contribution < 1.29 is 14.3 Å². The molecule has 0 fully saturated rings. The SMILES string of the molecule is COCCOCCNC(=O)c1cc(Cl)c(N)c(Cl)c1. The first-order valence-electron chi connectivity index (χ1n) is 5.65. The molecule has 0 saturated heterocycles. The predicted molar refractivity (Wildman–Crippen MR) is 75.9 cm³/mol.